The number of ketones is 1. The van der Waals surface area contributed by atoms with Gasteiger partial charge in [0.2, 0.25) is 5.88 Å². The van der Waals surface area contributed by atoms with Gasteiger partial charge in [-0.15, -0.1) is 0 Å². The second-order valence-electron chi connectivity index (χ2n) is 7.44. The van der Waals surface area contributed by atoms with Crippen molar-refractivity contribution in [1.82, 2.24) is 9.97 Å². The molecule has 5 nitrogen and oxygen atoms in total. The summed E-state index contributed by atoms with van der Waals surface area (Å²) in [5.41, 5.74) is 2.90. The lowest BCUT2D eigenvalue weighted by Crippen LogP contribution is -2.47. The first kappa shape index (κ1) is 18.5. The van der Waals surface area contributed by atoms with Gasteiger partial charge in [-0.3, -0.25) is 9.79 Å². The fraction of sp³-hybridized carbons (Fsp3) is 0.524. The maximum atomic E-state index is 12.3. The molecule has 0 bridgehead atoms. The predicted molar refractivity (Wildman–Crippen MR) is 103 cm³/mol. The van der Waals surface area contributed by atoms with Gasteiger partial charge in [-0.25, -0.2) is 4.98 Å². The highest BCUT2D eigenvalue weighted by Gasteiger charge is 2.49. The molecule has 1 aromatic heterocycles. The summed E-state index contributed by atoms with van der Waals surface area (Å²) in [7, 11) is 1.66. The maximum absolute atomic E-state index is 12.3. The molecule has 0 unspecified atom stereocenters. The van der Waals surface area contributed by atoms with E-state index in [9.17, 15) is 4.79 Å². The summed E-state index contributed by atoms with van der Waals surface area (Å²) in [5, 5.41) is 0. The van der Waals surface area contributed by atoms with Gasteiger partial charge >= 0.3 is 0 Å². The summed E-state index contributed by atoms with van der Waals surface area (Å²) in [4.78, 5) is 25.7. The highest BCUT2D eigenvalue weighted by Crippen LogP contribution is 2.51. The number of nitrogens with zero attached hydrogens (tertiary/aromatic N) is 3. The maximum Gasteiger partial charge on any atom is 0.220 e. The molecule has 1 aromatic rings. The molecular formula is C21H27N3O2. The summed E-state index contributed by atoms with van der Waals surface area (Å²) in [5.74, 6) is 2.06. The van der Waals surface area contributed by atoms with Crippen LogP contribution in [0.1, 0.15) is 57.1 Å². The van der Waals surface area contributed by atoms with Crippen LogP contribution in [0.5, 0.6) is 5.88 Å². The first-order chi connectivity index (χ1) is 12.5. The van der Waals surface area contributed by atoms with Crippen LogP contribution in [-0.4, -0.2) is 29.6 Å². The van der Waals surface area contributed by atoms with Gasteiger partial charge in [-0.1, -0.05) is 19.9 Å². The number of aromatic nitrogens is 2. The highest BCUT2D eigenvalue weighted by molar-refractivity contribution is 5.82. The number of methoxy groups -OCH3 is 1. The van der Waals surface area contributed by atoms with Crippen molar-refractivity contribution in [3.63, 3.8) is 0 Å². The van der Waals surface area contributed by atoms with E-state index in [1.54, 1.807) is 13.3 Å². The fourth-order valence-corrected chi connectivity index (χ4v) is 4.63. The number of aliphatic imine (C=N–C) groups is 1. The van der Waals surface area contributed by atoms with E-state index in [2.05, 4.69) is 30.5 Å². The summed E-state index contributed by atoms with van der Waals surface area (Å²) < 4.78 is 5.62. The number of hydrogen-bond donors (Lipinski definition) is 0. The molecule has 0 aromatic carbocycles. The minimum Gasteiger partial charge on any atom is -0.481 e. The average molecular weight is 353 g/mol. The lowest BCUT2D eigenvalue weighted by Gasteiger charge is -2.47. The number of fused-ring (bicyclic) bond motifs is 3. The van der Waals surface area contributed by atoms with Crippen molar-refractivity contribution in [1.29, 1.82) is 0 Å². The molecule has 0 amide bonds. The molecule has 0 radical (unpaired) electrons. The van der Waals surface area contributed by atoms with Crippen molar-refractivity contribution in [3.05, 3.63) is 35.4 Å². The van der Waals surface area contributed by atoms with Crippen LogP contribution in [-0.2, 0) is 16.6 Å². The second kappa shape index (κ2) is 7.14. The fourth-order valence-electron chi connectivity index (χ4n) is 4.63. The van der Waals surface area contributed by atoms with E-state index in [1.807, 2.05) is 19.1 Å². The van der Waals surface area contributed by atoms with Crippen LogP contribution in [0.15, 0.2) is 23.3 Å². The quantitative estimate of drug-likeness (QED) is 0.608. The van der Waals surface area contributed by atoms with Crippen LogP contribution in [0.25, 0.3) is 5.57 Å². The monoisotopic (exact) mass is 353 g/mol. The SMILES string of the molecule is C=N/C=C\C(=C/C)c1nc(OC)c2c(n1)[C@]1(C)CCC(=O)[C@H](C)[C@H]1CC2. The number of allylic oxidation sites excluding steroid dienone is 3. The Labute approximate surface area is 155 Å². The third-order valence-electron chi connectivity index (χ3n) is 6.16. The van der Waals surface area contributed by atoms with Gasteiger partial charge in [0.1, 0.15) is 5.78 Å². The van der Waals surface area contributed by atoms with E-state index < -0.39 is 0 Å². The third-order valence-corrected chi connectivity index (χ3v) is 6.16. The molecule has 0 saturated heterocycles. The minimum absolute atomic E-state index is 0.0809. The molecular weight excluding hydrogens is 326 g/mol. The Balaban J connectivity index is 2.16. The zero-order valence-corrected chi connectivity index (χ0v) is 16.1. The van der Waals surface area contributed by atoms with Crippen molar-refractivity contribution < 1.29 is 9.53 Å². The Hall–Kier alpha value is -2.30. The van der Waals surface area contributed by atoms with E-state index in [0.717, 1.165) is 36.1 Å². The first-order valence-electron chi connectivity index (χ1n) is 9.23. The third kappa shape index (κ3) is 2.89. The number of carbonyl (C=O) groups is 1. The van der Waals surface area contributed by atoms with Crippen LogP contribution in [0.2, 0.25) is 0 Å². The number of rotatable bonds is 4. The van der Waals surface area contributed by atoms with Gasteiger partial charge in [0.15, 0.2) is 5.82 Å². The van der Waals surface area contributed by atoms with Gasteiger partial charge in [0, 0.05) is 35.1 Å². The van der Waals surface area contributed by atoms with Crippen molar-refractivity contribution in [2.75, 3.05) is 7.11 Å². The molecule has 3 atom stereocenters. The van der Waals surface area contributed by atoms with Gasteiger partial charge in [-0.05, 0) is 44.9 Å². The van der Waals surface area contributed by atoms with E-state index in [-0.39, 0.29) is 11.3 Å². The van der Waals surface area contributed by atoms with Gasteiger partial charge in [-0.2, -0.15) is 4.98 Å². The Morgan fingerprint density at radius 3 is 2.81 bits per heavy atom. The molecule has 5 heteroatoms. The molecule has 2 aliphatic rings. The minimum atomic E-state index is -0.120. The van der Waals surface area contributed by atoms with Crippen LogP contribution in [0.3, 0.4) is 0 Å². The lowest BCUT2D eigenvalue weighted by atomic mass is 9.56. The molecule has 0 N–H and O–H groups in total. The predicted octanol–water partition coefficient (Wildman–Crippen LogP) is 3.92. The molecule has 1 heterocycles. The zero-order chi connectivity index (χ0) is 18.9. The number of ether oxygens (including phenoxy) is 1. The molecule has 1 fully saturated rings. The first-order valence-corrected chi connectivity index (χ1v) is 9.23. The Morgan fingerprint density at radius 1 is 1.38 bits per heavy atom. The molecule has 0 spiro atoms. The largest absolute Gasteiger partial charge is 0.481 e. The molecule has 0 aliphatic heterocycles. The molecule has 2 aliphatic carbocycles. The van der Waals surface area contributed by atoms with Gasteiger partial charge < -0.3 is 4.74 Å². The van der Waals surface area contributed by atoms with E-state index >= 15 is 0 Å². The van der Waals surface area contributed by atoms with Crippen molar-refractivity contribution in [2.24, 2.45) is 16.8 Å². The summed E-state index contributed by atoms with van der Waals surface area (Å²) in [6.07, 6.45) is 8.73. The molecule has 1 saturated carbocycles. The Kier molecular flexibility index (Phi) is 5.08. The standard InChI is InChI=1S/C21H27N3O2/c1-6-14(10-12-22-4)19-23-18-15(20(24-19)26-5)7-8-16-13(2)17(25)9-11-21(16,18)3/h6,10,12-13,16H,4,7-9,11H2,1-3,5H3/b12-10-,14-6+/t13-,16-,21-/m1/s1. The summed E-state index contributed by atoms with van der Waals surface area (Å²) in [6.45, 7) is 9.76. The number of hydrogen-bond acceptors (Lipinski definition) is 5. The number of Topliss-reactive ketones (excluding diaryl/α,β-unsaturated/α-hetero) is 1. The normalized spacial score (nSPS) is 28.6. The van der Waals surface area contributed by atoms with E-state index in [0.29, 0.717) is 29.8 Å². The molecule has 138 valence electrons. The highest BCUT2D eigenvalue weighted by atomic mass is 16.5. The van der Waals surface area contributed by atoms with Crippen LogP contribution < -0.4 is 4.74 Å². The smallest absolute Gasteiger partial charge is 0.220 e. The van der Waals surface area contributed by atoms with Crippen molar-refractivity contribution in [2.45, 2.75) is 51.9 Å². The van der Waals surface area contributed by atoms with Crippen molar-refractivity contribution >= 4 is 18.1 Å². The molecule has 3 rings (SSSR count). The Morgan fingerprint density at radius 2 is 2.15 bits per heavy atom. The van der Waals surface area contributed by atoms with Gasteiger partial charge in [0.05, 0.1) is 12.8 Å². The van der Waals surface area contributed by atoms with E-state index in [4.69, 9.17) is 9.72 Å². The second-order valence-corrected chi connectivity index (χ2v) is 7.44. The average Bonchev–Trinajstić information content (AvgIpc) is 2.65. The van der Waals surface area contributed by atoms with Gasteiger partial charge in [0.25, 0.3) is 0 Å². The van der Waals surface area contributed by atoms with Crippen LogP contribution in [0, 0.1) is 11.8 Å². The summed E-state index contributed by atoms with van der Waals surface area (Å²) in [6, 6.07) is 0. The summed E-state index contributed by atoms with van der Waals surface area (Å²) >= 11 is 0. The van der Waals surface area contributed by atoms with Crippen LogP contribution >= 0.6 is 0 Å². The van der Waals surface area contributed by atoms with E-state index in [1.165, 1.54) is 0 Å². The number of carbonyl (C=O) groups excluding carboxylic acids is 1. The zero-order valence-electron chi connectivity index (χ0n) is 16.1. The van der Waals surface area contributed by atoms with Crippen LogP contribution in [0.4, 0.5) is 0 Å². The lowest BCUT2D eigenvalue weighted by molar-refractivity contribution is -0.128. The molecule has 26 heavy (non-hydrogen) atoms. The Bertz CT molecular complexity index is 797. The van der Waals surface area contributed by atoms with Crippen molar-refractivity contribution in [3.8, 4) is 5.88 Å². The topological polar surface area (TPSA) is 64.4 Å².